The Bertz CT molecular complexity index is 858. The minimum Gasteiger partial charge on any atom is -0.368 e. The zero-order chi connectivity index (χ0) is 20.7. The molecule has 0 saturated heterocycles. The molecule has 0 bridgehead atoms. The second-order valence-electron chi connectivity index (χ2n) is 6.38. The van der Waals surface area contributed by atoms with Crippen LogP contribution in [0.25, 0.3) is 0 Å². The van der Waals surface area contributed by atoms with Crippen LogP contribution in [0, 0.1) is 9.39 Å². The molecule has 2 atom stereocenters. The van der Waals surface area contributed by atoms with Crippen LogP contribution in [-0.2, 0) is 27.2 Å². The summed E-state index contributed by atoms with van der Waals surface area (Å²) in [7, 11) is 0. The summed E-state index contributed by atoms with van der Waals surface area (Å²) < 4.78 is 14.1. The number of carbonyl (C=O) groups excluding carboxylic acids is 3. The third-order valence-corrected chi connectivity index (χ3v) is 4.71. The van der Waals surface area contributed by atoms with E-state index in [0.29, 0.717) is 5.56 Å². The van der Waals surface area contributed by atoms with Crippen molar-refractivity contribution in [1.82, 2.24) is 10.6 Å². The van der Waals surface area contributed by atoms with Gasteiger partial charge in [-0.2, -0.15) is 0 Å². The lowest BCUT2D eigenvalue weighted by molar-refractivity contribution is -0.130. The van der Waals surface area contributed by atoms with E-state index in [4.69, 9.17) is 5.73 Å². The molecule has 0 unspecified atom stereocenters. The van der Waals surface area contributed by atoms with Crippen molar-refractivity contribution in [2.75, 3.05) is 0 Å². The molecule has 0 spiro atoms. The van der Waals surface area contributed by atoms with Gasteiger partial charge in [0.2, 0.25) is 17.7 Å². The molecular formula is C20H21FIN3O3. The van der Waals surface area contributed by atoms with E-state index in [9.17, 15) is 18.8 Å². The Morgan fingerprint density at radius 3 is 2.21 bits per heavy atom. The quantitative estimate of drug-likeness (QED) is 0.484. The highest BCUT2D eigenvalue weighted by atomic mass is 127. The standard InChI is InChI=1S/C20H21FIN3O3/c1-12(26)24-18(10-13-5-7-15(21)8-6-13)20(28)25-17(19(23)27)11-14-3-2-4-16(22)9-14/h2-9,17-18H,10-11H2,1H3,(H2,23,27)(H,24,26)(H,25,28)/t17-,18+/m0/s1. The molecule has 8 heteroatoms. The van der Waals surface area contributed by atoms with Gasteiger partial charge in [0, 0.05) is 23.3 Å². The Labute approximate surface area is 176 Å². The molecule has 0 aliphatic heterocycles. The maximum Gasteiger partial charge on any atom is 0.243 e. The highest BCUT2D eigenvalue weighted by Crippen LogP contribution is 2.11. The highest BCUT2D eigenvalue weighted by molar-refractivity contribution is 14.1. The summed E-state index contributed by atoms with van der Waals surface area (Å²) >= 11 is 2.16. The molecule has 0 radical (unpaired) electrons. The lowest BCUT2D eigenvalue weighted by atomic mass is 10.0. The van der Waals surface area contributed by atoms with Crippen LogP contribution in [0.5, 0.6) is 0 Å². The summed E-state index contributed by atoms with van der Waals surface area (Å²) in [5.41, 5.74) is 6.98. The van der Waals surface area contributed by atoms with Crippen LogP contribution in [0.15, 0.2) is 48.5 Å². The summed E-state index contributed by atoms with van der Waals surface area (Å²) in [6.07, 6.45) is 0.391. The van der Waals surface area contributed by atoms with Gasteiger partial charge in [0.05, 0.1) is 0 Å². The molecule has 4 N–H and O–H groups in total. The van der Waals surface area contributed by atoms with Crippen LogP contribution in [0.1, 0.15) is 18.1 Å². The second-order valence-corrected chi connectivity index (χ2v) is 7.63. The molecule has 0 aromatic heterocycles. The number of hydrogen-bond donors (Lipinski definition) is 3. The lowest BCUT2D eigenvalue weighted by Gasteiger charge is -2.22. The number of halogens is 2. The van der Waals surface area contributed by atoms with Gasteiger partial charge in [-0.3, -0.25) is 14.4 Å². The van der Waals surface area contributed by atoms with Crippen molar-refractivity contribution < 1.29 is 18.8 Å². The highest BCUT2D eigenvalue weighted by Gasteiger charge is 2.25. The molecule has 148 valence electrons. The van der Waals surface area contributed by atoms with E-state index in [0.717, 1.165) is 9.13 Å². The predicted molar refractivity (Wildman–Crippen MR) is 112 cm³/mol. The number of carbonyl (C=O) groups is 3. The number of hydrogen-bond acceptors (Lipinski definition) is 3. The number of primary amides is 1. The number of benzene rings is 2. The maximum absolute atomic E-state index is 13.1. The Morgan fingerprint density at radius 1 is 1.00 bits per heavy atom. The van der Waals surface area contributed by atoms with Gasteiger partial charge in [-0.1, -0.05) is 24.3 Å². The van der Waals surface area contributed by atoms with Crippen molar-refractivity contribution in [3.63, 3.8) is 0 Å². The topological polar surface area (TPSA) is 101 Å². The number of amides is 3. The van der Waals surface area contributed by atoms with Crippen molar-refractivity contribution in [1.29, 1.82) is 0 Å². The van der Waals surface area contributed by atoms with Crippen LogP contribution in [0.2, 0.25) is 0 Å². The van der Waals surface area contributed by atoms with E-state index in [1.165, 1.54) is 31.2 Å². The first-order valence-electron chi connectivity index (χ1n) is 8.60. The van der Waals surface area contributed by atoms with Crippen molar-refractivity contribution in [2.24, 2.45) is 5.73 Å². The molecule has 6 nitrogen and oxygen atoms in total. The minimum atomic E-state index is -0.921. The van der Waals surface area contributed by atoms with Gasteiger partial charge < -0.3 is 16.4 Å². The summed E-state index contributed by atoms with van der Waals surface area (Å²) in [4.78, 5) is 36.1. The van der Waals surface area contributed by atoms with E-state index in [-0.39, 0.29) is 12.8 Å². The summed E-state index contributed by atoms with van der Waals surface area (Å²) in [5.74, 6) is -1.99. The van der Waals surface area contributed by atoms with Gasteiger partial charge in [-0.15, -0.1) is 0 Å². The van der Waals surface area contributed by atoms with Crippen molar-refractivity contribution in [2.45, 2.75) is 31.8 Å². The van der Waals surface area contributed by atoms with E-state index in [1.54, 1.807) is 0 Å². The molecule has 0 heterocycles. The molecule has 0 aliphatic rings. The lowest BCUT2D eigenvalue weighted by Crippen LogP contribution is -2.54. The molecule has 0 aliphatic carbocycles. The van der Waals surface area contributed by atoms with Crippen LogP contribution < -0.4 is 16.4 Å². The first-order valence-corrected chi connectivity index (χ1v) is 9.68. The minimum absolute atomic E-state index is 0.153. The van der Waals surface area contributed by atoms with Gasteiger partial charge >= 0.3 is 0 Å². The van der Waals surface area contributed by atoms with Crippen LogP contribution in [-0.4, -0.2) is 29.8 Å². The van der Waals surface area contributed by atoms with Crippen LogP contribution >= 0.6 is 22.6 Å². The smallest absolute Gasteiger partial charge is 0.243 e. The normalized spacial score (nSPS) is 12.7. The van der Waals surface area contributed by atoms with Gasteiger partial charge in [-0.05, 0) is 58.0 Å². The second kappa shape index (κ2) is 10.2. The largest absolute Gasteiger partial charge is 0.368 e. The third kappa shape index (κ3) is 6.91. The first kappa shape index (κ1) is 21.8. The average molecular weight is 497 g/mol. The van der Waals surface area contributed by atoms with Gasteiger partial charge in [0.15, 0.2) is 0 Å². The molecule has 2 rings (SSSR count). The predicted octanol–water partition coefficient (Wildman–Crippen LogP) is 1.69. The summed E-state index contributed by atoms with van der Waals surface area (Å²) in [6, 6.07) is 11.3. The van der Waals surface area contributed by atoms with Gasteiger partial charge in [0.1, 0.15) is 17.9 Å². The molecule has 28 heavy (non-hydrogen) atoms. The third-order valence-electron chi connectivity index (χ3n) is 4.04. The summed E-state index contributed by atoms with van der Waals surface area (Å²) in [6.45, 7) is 1.29. The fraction of sp³-hybridized carbons (Fsp3) is 0.250. The molecule has 0 fully saturated rings. The Hall–Kier alpha value is -2.49. The molecule has 2 aromatic rings. The monoisotopic (exact) mass is 497 g/mol. The van der Waals surface area contributed by atoms with Crippen molar-refractivity contribution >= 4 is 40.3 Å². The number of nitrogens with one attached hydrogen (secondary N) is 2. The van der Waals surface area contributed by atoms with Gasteiger partial charge in [0.25, 0.3) is 0 Å². The Balaban J connectivity index is 2.12. The molecule has 3 amide bonds. The van der Waals surface area contributed by atoms with E-state index in [1.807, 2.05) is 24.3 Å². The SMILES string of the molecule is CC(=O)N[C@H](Cc1ccc(F)cc1)C(=O)N[C@@H](Cc1cccc(I)c1)C(N)=O. The molecular weight excluding hydrogens is 476 g/mol. The Morgan fingerprint density at radius 2 is 1.64 bits per heavy atom. The zero-order valence-electron chi connectivity index (χ0n) is 15.2. The van der Waals surface area contributed by atoms with Crippen LogP contribution in [0.3, 0.4) is 0 Å². The average Bonchev–Trinajstić information content (AvgIpc) is 2.62. The van der Waals surface area contributed by atoms with E-state index < -0.39 is 35.6 Å². The number of nitrogens with two attached hydrogens (primary N) is 1. The molecule has 2 aromatic carbocycles. The van der Waals surface area contributed by atoms with Crippen molar-refractivity contribution in [3.05, 3.63) is 69.0 Å². The van der Waals surface area contributed by atoms with Crippen molar-refractivity contribution in [3.8, 4) is 0 Å². The summed E-state index contributed by atoms with van der Waals surface area (Å²) in [5, 5.41) is 5.18. The first-order chi connectivity index (χ1) is 13.2. The maximum atomic E-state index is 13.1. The molecule has 0 saturated carbocycles. The van der Waals surface area contributed by atoms with Gasteiger partial charge in [-0.25, -0.2) is 4.39 Å². The van der Waals surface area contributed by atoms with E-state index in [2.05, 4.69) is 33.2 Å². The fourth-order valence-electron chi connectivity index (χ4n) is 2.71. The van der Waals surface area contributed by atoms with Crippen LogP contribution in [0.4, 0.5) is 4.39 Å². The Kier molecular flexibility index (Phi) is 7.91. The number of rotatable bonds is 8. The fourth-order valence-corrected chi connectivity index (χ4v) is 3.31. The zero-order valence-corrected chi connectivity index (χ0v) is 17.4. The van der Waals surface area contributed by atoms with E-state index >= 15 is 0 Å².